The van der Waals surface area contributed by atoms with Crippen molar-refractivity contribution < 1.29 is 4.79 Å². The van der Waals surface area contributed by atoms with Crippen LogP contribution in [0.4, 0.5) is 9.93 Å². The Hall–Kier alpha value is -1.21. The van der Waals surface area contributed by atoms with E-state index in [2.05, 4.69) is 20.4 Å². The van der Waals surface area contributed by atoms with Crippen LogP contribution in [0.5, 0.6) is 0 Å². The van der Waals surface area contributed by atoms with Gasteiger partial charge in [0.1, 0.15) is 5.51 Å². The molecule has 2 amide bonds. The van der Waals surface area contributed by atoms with Gasteiger partial charge in [0.2, 0.25) is 5.13 Å². The van der Waals surface area contributed by atoms with Gasteiger partial charge in [0, 0.05) is 32.7 Å². The van der Waals surface area contributed by atoms with Crippen molar-refractivity contribution in [1.29, 1.82) is 0 Å². The molecule has 0 spiro atoms. The summed E-state index contributed by atoms with van der Waals surface area (Å²) in [4.78, 5) is 16.3. The standard InChI is InChI=1S/C11H17N5OS/c17-11(13-10-14-12-8-18-10)16-5-3-15(4-6-16)7-9-1-2-9/h8-9H,1-7H2,(H,13,14,17). The normalized spacial score (nSPS) is 21.0. The van der Waals surface area contributed by atoms with Crippen molar-refractivity contribution >= 4 is 22.5 Å². The van der Waals surface area contributed by atoms with Crippen molar-refractivity contribution in [2.45, 2.75) is 12.8 Å². The van der Waals surface area contributed by atoms with Crippen molar-refractivity contribution in [3.8, 4) is 0 Å². The van der Waals surface area contributed by atoms with Crippen LogP contribution in [-0.4, -0.2) is 58.8 Å². The third kappa shape index (κ3) is 2.97. The van der Waals surface area contributed by atoms with Gasteiger partial charge in [0.05, 0.1) is 0 Å². The van der Waals surface area contributed by atoms with Crippen molar-refractivity contribution in [1.82, 2.24) is 20.0 Å². The van der Waals surface area contributed by atoms with Gasteiger partial charge >= 0.3 is 6.03 Å². The molecule has 0 aromatic carbocycles. The van der Waals surface area contributed by atoms with Crippen LogP contribution in [0.25, 0.3) is 0 Å². The summed E-state index contributed by atoms with van der Waals surface area (Å²) in [5.74, 6) is 0.923. The minimum absolute atomic E-state index is 0.0576. The topological polar surface area (TPSA) is 61.4 Å². The Labute approximate surface area is 110 Å². The highest BCUT2D eigenvalue weighted by atomic mass is 32.1. The van der Waals surface area contributed by atoms with Gasteiger partial charge in [-0.05, 0) is 18.8 Å². The van der Waals surface area contributed by atoms with Crippen LogP contribution in [-0.2, 0) is 0 Å². The summed E-state index contributed by atoms with van der Waals surface area (Å²) in [7, 11) is 0. The van der Waals surface area contributed by atoms with Crippen LogP contribution in [0.1, 0.15) is 12.8 Å². The lowest BCUT2D eigenvalue weighted by Crippen LogP contribution is -2.50. The number of piperazine rings is 1. The maximum Gasteiger partial charge on any atom is 0.323 e. The maximum atomic E-state index is 11.9. The van der Waals surface area contributed by atoms with E-state index in [9.17, 15) is 4.79 Å². The van der Waals surface area contributed by atoms with E-state index >= 15 is 0 Å². The summed E-state index contributed by atoms with van der Waals surface area (Å²) in [5.41, 5.74) is 1.61. The van der Waals surface area contributed by atoms with E-state index in [4.69, 9.17) is 0 Å². The summed E-state index contributed by atoms with van der Waals surface area (Å²) in [6, 6.07) is -0.0576. The lowest BCUT2D eigenvalue weighted by molar-refractivity contribution is 0.144. The minimum atomic E-state index is -0.0576. The molecule has 2 fully saturated rings. The van der Waals surface area contributed by atoms with E-state index in [1.54, 1.807) is 5.51 Å². The van der Waals surface area contributed by atoms with E-state index < -0.39 is 0 Å². The van der Waals surface area contributed by atoms with Gasteiger partial charge in [-0.25, -0.2) is 4.79 Å². The van der Waals surface area contributed by atoms with Crippen LogP contribution in [0.3, 0.4) is 0 Å². The number of aromatic nitrogens is 2. The maximum absolute atomic E-state index is 11.9. The molecule has 6 nitrogen and oxygen atoms in total. The van der Waals surface area contributed by atoms with Crippen LogP contribution in [0, 0.1) is 5.92 Å². The first-order valence-electron chi connectivity index (χ1n) is 6.36. The molecule has 7 heteroatoms. The molecule has 0 bridgehead atoms. The Morgan fingerprint density at radius 3 is 2.78 bits per heavy atom. The molecule has 1 aliphatic carbocycles. The summed E-state index contributed by atoms with van der Waals surface area (Å²) in [6.07, 6.45) is 2.77. The fourth-order valence-corrected chi connectivity index (χ4v) is 2.63. The molecule has 98 valence electrons. The Morgan fingerprint density at radius 1 is 1.39 bits per heavy atom. The lowest BCUT2D eigenvalue weighted by Gasteiger charge is -2.34. The minimum Gasteiger partial charge on any atom is -0.322 e. The zero-order valence-electron chi connectivity index (χ0n) is 10.2. The van der Waals surface area contributed by atoms with E-state index in [1.165, 1.54) is 30.7 Å². The molecule has 1 aromatic rings. The van der Waals surface area contributed by atoms with Crippen molar-refractivity contribution in [2.24, 2.45) is 5.92 Å². The van der Waals surface area contributed by atoms with Gasteiger partial charge in [-0.3, -0.25) is 10.2 Å². The van der Waals surface area contributed by atoms with Crippen molar-refractivity contribution in [3.63, 3.8) is 0 Å². The zero-order valence-corrected chi connectivity index (χ0v) is 11.0. The smallest absolute Gasteiger partial charge is 0.322 e. The molecule has 2 heterocycles. The third-order valence-electron chi connectivity index (χ3n) is 3.45. The molecule has 1 aliphatic heterocycles. The number of carbonyl (C=O) groups excluding carboxylic acids is 1. The Balaban J connectivity index is 1.45. The number of rotatable bonds is 3. The number of urea groups is 1. The first-order valence-corrected chi connectivity index (χ1v) is 7.23. The Kier molecular flexibility index (Phi) is 3.42. The summed E-state index contributed by atoms with van der Waals surface area (Å²) >= 11 is 1.34. The van der Waals surface area contributed by atoms with Gasteiger partial charge in [-0.2, -0.15) is 0 Å². The van der Waals surface area contributed by atoms with Crippen LogP contribution < -0.4 is 5.32 Å². The Bertz CT molecular complexity index is 398. The number of nitrogens with zero attached hydrogens (tertiary/aromatic N) is 4. The van der Waals surface area contributed by atoms with Crippen molar-refractivity contribution in [3.05, 3.63) is 5.51 Å². The van der Waals surface area contributed by atoms with Gasteiger partial charge in [0.25, 0.3) is 0 Å². The summed E-state index contributed by atoms with van der Waals surface area (Å²) in [6.45, 7) is 4.79. The molecule has 1 saturated carbocycles. The average Bonchev–Trinajstić information content (AvgIpc) is 3.04. The largest absolute Gasteiger partial charge is 0.323 e. The molecule has 1 aromatic heterocycles. The lowest BCUT2D eigenvalue weighted by atomic mass is 10.3. The highest BCUT2D eigenvalue weighted by molar-refractivity contribution is 7.13. The monoisotopic (exact) mass is 267 g/mol. The van der Waals surface area contributed by atoms with E-state index in [0.717, 1.165) is 32.1 Å². The predicted octanol–water partition coefficient (Wildman–Crippen LogP) is 1.10. The van der Waals surface area contributed by atoms with Crippen LogP contribution >= 0.6 is 11.3 Å². The van der Waals surface area contributed by atoms with Gasteiger partial charge in [0.15, 0.2) is 0 Å². The third-order valence-corrected chi connectivity index (χ3v) is 4.05. The quantitative estimate of drug-likeness (QED) is 0.891. The van der Waals surface area contributed by atoms with Crippen LogP contribution in [0.15, 0.2) is 5.51 Å². The number of hydrogen-bond acceptors (Lipinski definition) is 5. The number of hydrogen-bond donors (Lipinski definition) is 1. The first-order chi connectivity index (χ1) is 8.81. The molecule has 0 unspecified atom stereocenters. The van der Waals surface area contributed by atoms with Crippen molar-refractivity contribution in [2.75, 3.05) is 38.0 Å². The van der Waals surface area contributed by atoms with Crippen LogP contribution in [0.2, 0.25) is 0 Å². The molecule has 0 radical (unpaired) electrons. The molecule has 2 aliphatic rings. The number of carbonyl (C=O) groups is 1. The fourth-order valence-electron chi connectivity index (χ4n) is 2.20. The second-order valence-electron chi connectivity index (χ2n) is 4.91. The highest BCUT2D eigenvalue weighted by Crippen LogP contribution is 2.29. The summed E-state index contributed by atoms with van der Waals surface area (Å²) in [5, 5.41) is 10.9. The molecular formula is C11H17N5OS. The fraction of sp³-hybridized carbons (Fsp3) is 0.727. The van der Waals surface area contributed by atoms with E-state index in [-0.39, 0.29) is 6.03 Å². The molecule has 0 atom stereocenters. The second kappa shape index (κ2) is 5.19. The SMILES string of the molecule is O=C(Nc1nncs1)N1CCN(CC2CC2)CC1. The Morgan fingerprint density at radius 2 is 2.17 bits per heavy atom. The van der Waals surface area contributed by atoms with Gasteiger partial charge < -0.3 is 4.90 Å². The van der Waals surface area contributed by atoms with E-state index in [1.807, 2.05) is 4.90 Å². The molecular weight excluding hydrogens is 250 g/mol. The first kappa shape index (κ1) is 11.9. The summed E-state index contributed by atoms with van der Waals surface area (Å²) < 4.78 is 0. The molecule has 1 N–H and O–H groups in total. The zero-order chi connectivity index (χ0) is 12.4. The molecule has 1 saturated heterocycles. The molecule has 3 rings (SSSR count). The number of anilines is 1. The second-order valence-corrected chi connectivity index (χ2v) is 5.74. The number of amides is 2. The highest BCUT2D eigenvalue weighted by Gasteiger charge is 2.27. The van der Waals surface area contributed by atoms with Gasteiger partial charge in [-0.1, -0.05) is 11.3 Å². The average molecular weight is 267 g/mol. The van der Waals surface area contributed by atoms with E-state index in [0.29, 0.717) is 5.13 Å². The van der Waals surface area contributed by atoms with Gasteiger partial charge in [-0.15, -0.1) is 10.2 Å². The molecule has 18 heavy (non-hydrogen) atoms. The predicted molar refractivity (Wildman–Crippen MR) is 69.7 cm³/mol. The number of nitrogens with one attached hydrogen (secondary N) is 1.